The largest absolute Gasteiger partial charge is 0.290 e. The van der Waals surface area contributed by atoms with Crippen LogP contribution >= 0.6 is 39.3 Å². The lowest BCUT2D eigenvalue weighted by molar-refractivity contribution is 0.102. The number of nitrogens with one attached hydrogen (secondary N) is 1. The van der Waals surface area contributed by atoms with Crippen molar-refractivity contribution >= 4 is 51.1 Å². The second-order valence-corrected chi connectivity index (χ2v) is 7.66. The molecule has 1 amide bonds. The zero-order valence-electron chi connectivity index (χ0n) is 13.9. The summed E-state index contributed by atoms with van der Waals surface area (Å²) >= 11 is 11.1. The Kier molecular flexibility index (Phi) is 6.34. The monoisotopic (exact) mass is 450 g/mol. The van der Waals surface area contributed by atoms with Crippen LogP contribution in [-0.4, -0.2) is 20.7 Å². The maximum Gasteiger partial charge on any atom is 0.258 e. The smallest absolute Gasteiger partial charge is 0.258 e. The van der Waals surface area contributed by atoms with Gasteiger partial charge in [0.1, 0.15) is 0 Å². The molecule has 2 aromatic carbocycles. The van der Waals surface area contributed by atoms with Crippen LogP contribution in [0.4, 0.5) is 5.95 Å². The Bertz CT molecular complexity index is 931. The molecule has 0 saturated carbocycles. The maximum atomic E-state index is 12.4. The number of rotatable bonds is 6. The van der Waals surface area contributed by atoms with E-state index in [0.29, 0.717) is 23.8 Å². The van der Waals surface area contributed by atoms with Gasteiger partial charge >= 0.3 is 0 Å². The van der Waals surface area contributed by atoms with Gasteiger partial charge in [0.2, 0.25) is 5.95 Å². The number of nitrogens with zero attached hydrogens (tertiary/aromatic N) is 3. The average Bonchev–Trinajstić information content (AvgIpc) is 3.02. The molecular formula is C18H16BrClN4OS. The molecule has 8 heteroatoms. The molecule has 134 valence electrons. The van der Waals surface area contributed by atoms with Crippen LogP contribution in [0, 0.1) is 0 Å². The zero-order chi connectivity index (χ0) is 18.5. The van der Waals surface area contributed by atoms with Crippen LogP contribution in [0.3, 0.4) is 0 Å². The maximum absolute atomic E-state index is 12.4. The van der Waals surface area contributed by atoms with Gasteiger partial charge in [0.15, 0.2) is 5.16 Å². The summed E-state index contributed by atoms with van der Waals surface area (Å²) < 4.78 is 2.72. The van der Waals surface area contributed by atoms with Gasteiger partial charge in [-0.2, -0.15) is 0 Å². The molecule has 0 fully saturated rings. The Morgan fingerprint density at radius 1 is 1.23 bits per heavy atom. The van der Waals surface area contributed by atoms with Gasteiger partial charge in [-0.1, -0.05) is 63.6 Å². The number of hydrogen-bond donors (Lipinski definition) is 1. The number of anilines is 1. The number of halogens is 2. The van der Waals surface area contributed by atoms with Crippen molar-refractivity contribution in [3.63, 3.8) is 0 Å². The topological polar surface area (TPSA) is 59.8 Å². The first-order valence-electron chi connectivity index (χ1n) is 7.94. The van der Waals surface area contributed by atoms with Crippen LogP contribution in [0.1, 0.15) is 22.8 Å². The minimum absolute atomic E-state index is 0.226. The van der Waals surface area contributed by atoms with Gasteiger partial charge < -0.3 is 0 Å². The third-order valence-electron chi connectivity index (χ3n) is 3.66. The SMILES string of the molecule is CCn1c(NC(=O)c2cccc(Br)c2)nnc1SCc1ccccc1Cl. The van der Waals surface area contributed by atoms with Gasteiger partial charge in [0.25, 0.3) is 5.91 Å². The van der Waals surface area contributed by atoms with E-state index in [1.165, 1.54) is 11.8 Å². The Hall–Kier alpha value is -1.83. The first-order valence-corrected chi connectivity index (χ1v) is 10.1. The molecule has 26 heavy (non-hydrogen) atoms. The fourth-order valence-electron chi connectivity index (χ4n) is 2.33. The molecule has 0 aliphatic rings. The summed E-state index contributed by atoms with van der Waals surface area (Å²) in [5, 5.41) is 12.6. The first kappa shape index (κ1) is 18.9. The second kappa shape index (κ2) is 8.70. The highest BCUT2D eigenvalue weighted by Gasteiger charge is 2.15. The van der Waals surface area contributed by atoms with Crippen molar-refractivity contribution in [1.29, 1.82) is 0 Å². The number of carbonyl (C=O) groups is 1. The van der Waals surface area contributed by atoms with Crippen LogP contribution in [-0.2, 0) is 12.3 Å². The molecule has 0 saturated heterocycles. The quantitative estimate of drug-likeness (QED) is 0.519. The van der Waals surface area contributed by atoms with E-state index in [4.69, 9.17) is 11.6 Å². The number of amides is 1. The zero-order valence-corrected chi connectivity index (χ0v) is 17.1. The van der Waals surface area contributed by atoms with Gasteiger partial charge in [-0.05, 0) is 36.8 Å². The molecule has 0 spiro atoms. The van der Waals surface area contributed by atoms with Crippen LogP contribution < -0.4 is 5.32 Å². The highest BCUT2D eigenvalue weighted by atomic mass is 79.9. The third-order valence-corrected chi connectivity index (χ3v) is 5.54. The van der Waals surface area contributed by atoms with Crippen molar-refractivity contribution in [2.24, 2.45) is 0 Å². The fraction of sp³-hybridized carbons (Fsp3) is 0.167. The second-order valence-electron chi connectivity index (χ2n) is 5.39. The summed E-state index contributed by atoms with van der Waals surface area (Å²) in [7, 11) is 0. The standard InChI is InChI=1S/C18H16BrClN4OS/c1-2-24-17(21-16(25)12-7-5-8-14(19)10-12)22-23-18(24)26-11-13-6-3-4-9-15(13)20/h3-10H,2,11H2,1H3,(H,21,22,25). The van der Waals surface area contributed by atoms with Crippen molar-refractivity contribution in [2.75, 3.05) is 5.32 Å². The molecule has 5 nitrogen and oxygen atoms in total. The van der Waals surface area contributed by atoms with Crippen molar-refractivity contribution in [1.82, 2.24) is 14.8 Å². The van der Waals surface area contributed by atoms with E-state index in [0.717, 1.165) is 20.2 Å². The lowest BCUT2D eigenvalue weighted by Gasteiger charge is -2.09. The number of aromatic nitrogens is 3. The van der Waals surface area contributed by atoms with Crippen LogP contribution in [0.5, 0.6) is 0 Å². The predicted octanol–water partition coefficient (Wildman–Crippen LogP) is 5.26. The molecule has 0 unspecified atom stereocenters. The van der Waals surface area contributed by atoms with Gasteiger partial charge in [0.05, 0.1) is 0 Å². The van der Waals surface area contributed by atoms with Crippen LogP contribution in [0.15, 0.2) is 58.2 Å². The van der Waals surface area contributed by atoms with E-state index < -0.39 is 0 Å². The highest BCUT2D eigenvalue weighted by molar-refractivity contribution is 9.10. The van der Waals surface area contributed by atoms with E-state index in [1.807, 2.05) is 47.9 Å². The summed E-state index contributed by atoms with van der Waals surface area (Å²) in [6.45, 7) is 2.63. The van der Waals surface area contributed by atoms with Gasteiger partial charge in [0, 0.05) is 27.4 Å². The minimum atomic E-state index is -0.226. The fourth-order valence-corrected chi connectivity index (χ4v) is 4.02. The van der Waals surface area contributed by atoms with E-state index in [1.54, 1.807) is 12.1 Å². The lowest BCUT2D eigenvalue weighted by Crippen LogP contribution is -2.16. The molecule has 3 aromatic rings. The average molecular weight is 452 g/mol. The summed E-state index contributed by atoms with van der Waals surface area (Å²) in [6.07, 6.45) is 0. The van der Waals surface area contributed by atoms with Crippen molar-refractivity contribution in [3.8, 4) is 0 Å². The highest BCUT2D eigenvalue weighted by Crippen LogP contribution is 2.27. The Labute approximate surface area is 169 Å². The number of hydrogen-bond acceptors (Lipinski definition) is 4. The number of thioether (sulfide) groups is 1. The molecule has 3 rings (SSSR count). The van der Waals surface area contributed by atoms with Gasteiger partial charge in [-0.25, -0.2) is 0 Å². The number of benzene rings is 2. The van der Waals surface area contributed by atoms with E-state index in [2.05, 4.69) is 31.4 Å². The Morgan fingerprint density at radius 2 is 2.04 bits per heavy atom. The molecule has 0 aliphatic carbocycles. The molecular weight excluding hydrogens is 436 g/mol. The predicted molar refractivity (Wildman–Crippen MR) is 109 cm³/mol. The van der Waals surface area contributed by atoms with Gasteiger partial charge in [-0.15, -0.1) is 10.2 Å². The van der Waals surface area contributed by atoms with Crippen LogP contribution in [0.25, 0.3) is 0 Å². The normalized spacial score (nSPS) is 10.7. The van der Waals surface area contributed by atoms with Crippen molar-refractivity contribution < 1.29 is 4.79 Å². The lowest BCUT2D eigenvalue weighted by atomic mass is 10.2. The van der Waals surface area contributed by atoms with E-state index in [-0.39, 0.29) is 5.91 Å². The molecule has 1 aromatic heterocycles. The summed E-state index contributed by atoms with van der Waals surface area (Å²) in [5.41, 5.74) is 1.58. The first-order chi connectivity index (χ1) is 12.6. The van der Waals surface area contributed by atoms with Gasteiger partial charge in [-0.3, -0.25) is 14.7 Å². The molecule has 1 heterocycles. The molecule has 0 atom stereocenters. The van der Waals surface area contributed by atoms with Crippen molar-refractivity contribution in [3.05, 3.63) is 69.2 Å². The Balaban J connectivity index is 1.73. The van der Waals surface area contributed by atoms with E-state index in [9.17, 15) is 4.79 Å². The van der Waals surface area contributed by atoms with E-state index >= 15 is 0 Å². The number of carbonyl (C=O) groups excluding carboxylic acids is 1. The third kappa shape index (κ3) is 4.47. The minimum Gasteiger partial charge on any atom is -0.290 e. The Morgan fingerprint density at radius 3 is 2.77 bits per heavy atom. The summed E-state index contributed by atoms with van der Waals surface area (Å²) in [5.74, 6) is 0.882. The summed E-state index contributed by atoms with van der Waals surface area (Å²) in [4.78, 5) is 12.4. The summed E-state index contributed by atoms with van der Waals surface area (Å²) in [6, 6.07) is 14.9. The molecule has 1 N–H and O–H groups in total. The molecule has 0 bridgehead atoms. The van der Waals surface area contributed by atoms with Crippen LogP contribution in [0.2, 0.25) is 5.02 Å². The van der Waals surface area contributed by atoms with Crippen molar-refractivity contribution in [2.45, 2.75) is 24.4 Å². The molecule has 0 aliphatic heterocycles. The molecule has 0 radical (unpaired) electrons.